The van der Waals surface area contributed by atoms with Gasteiger partial charge in [0.25, 0.3) is 0 Å². The third-order valence-electron chi connectivity index (χ3n) is 1.46. The third-order valence-corrected chi connectivity index (χ3v) is 1.46. The number of hydrogen-bond donors (Lipinski definition) is 0. The molecule has 0 bridgehead atoms. The number of allylic oxidation sites excluding steroid dienone is 4. The first-order valence-electron chi connectivity index (χ1n) is 3.10. The van der Waals surface area contributed by atoms with E-state index in [1.165, 1.54) is 18.2 Å². The van der Waals surface area contributed by atoms with Gasteiger partial charge in [0.15, 0.2) is 0 Å². The Labute approximate surface area is 63.9 Å². The van der Waals surface area contributed by atoms with E-state index in [0.717, 1.165) is 6.08 Å². The molecule has 54 valence electrons. The van der Waals surface area contributed by atoms with Gasteiger partial charge in [-0.05, 0) is 12.2 Å². The maximum absolute atomic E-state index is 13.0. The van der Waals surface area contributed by atoms with Gasteiger partial charge in [-0.1, -0.05) is 6.08 Å². The number of nitriles is 2. The molecule has 0 spiro atoms. The molecule has 1 unspecified atom stereocenters. The molecule has 0 aromatic carbocycles. The Bertz CT molecular complexity index is 303. The summed E-state index contributed by atoms with van der Waals surface area (Å²) in [6.45, 7) is 0. The minimum atomic E-state index is -1.90. The highest BCUT2D eigenvalue weighted by molar-refractivity contribution is 5.40. The SMILES string of the molecule is N#CC1=CCC(F)(C#N)C=C1. The summed E-state index contributed by atoms with van der Waals surface area (Å²) >= 11 is 0. The molecule has 0 fully saturated rings. The standard InChI is InChI=1S/C8H5FN2/c9-8(6-11)3-1-7(5-10)2-4-8/h1-3H,4H2. The fraction of sp³-hybridized carbons (Fsp3) is 0.250. The van der Waals surface area contributed by atoms with Gasteiger partial charge in [0.05, 0.1) is 6.07 Å². The van der Waals surface area contributed by atoms with Crippen molar-refractivity contribution in [1.82, 2.24) is 0 Å². The van der Waals surface area contributed by atoms with Crippen LogP contribution >= 0.6 is 0 Å². The molecule has 11 heavy (non-hydrogen) atoms. The Morgan fingerprint density at radius 1 is 1.55 bits per heavy atom. The van der Waals surface area contributed by atoms with E-state index >= 15 is 0 Å². The van der Waals surface area contributed by atoms with E-state index in [0.29, 0.717) is 5.57 Å². The molecule has 1 aliphatic carbocycles. The summed E-state index contributed by atoms with van der Waals surface area (Å²) in [6, 6.07) is 3.38. The second kappa shape index (κ2) is 2.56. The fourth-order valence-corrected chi connectivity index (χ4v) is 0.782. The highest BCUT2D eigenvalue weighted by atomic mass is 19.1. The molecule has 3 heteroatoms. The maximum atomic E-state index is 13.0. The first-order chi connectivity index (χ1) is 5.20. The van der Waals surface area contributed by atoms with Gasteiger partial charge in [0, 0.05) is 12.0 Å². The van der Waals surface area contributed by atoms with Crippen LogP contribution in [-0.2, 0) is 0 Å². The smallest absolute Gasteiger partial charge is 0.218 e. The third kappa shape index (κ3) is 1.45. The summed E-state index contributed by atoms with van der Waals surface area (Å²) in [6.07, 6.45) is 3.84. The molecule has 0 aliphatic heterocycles. The summed E-state index contributed by atoms with van der Waals surface area (Å²) in [5.74, 6) is 0. The molecule has 0 radical (unpaired) electrons. The number of halogens is 1. The zero-order valence-corrected chi connectivity index (χ0v) is 5.71. The van der Waals surface area contributed by atoms with E-state index in [4.69, 9.17) is 10.5 Å². The quantitative estimate of drug-likeness (QED) is 0.524. The van der Waals surface area contributed by atoms with Crippen LogP contribution in [0.15, 0.2) is 23.8 Å². The highest BCUT2D eigenvalue weighted by Crippen LogP contribution is 2.23. The summed E-state index contributed by atoms with van der Waals surface area (Å²) in [7, 11) is 0. The van der Waals surface area contributed by atoms with Crippen LogP contribution in [0, 0.1) is 22.7 Å². The largest absolute Gasteiger partial charge is 0.222 e. The second-order valence-corrected chi connectivity index (χ2v) is 2.28. The normalized spacial score (nSPS) is 28.5. The minimum Gasteiger partial charge on any atom is -0.222 e. The van der Waals surface area contributed by atoms with Gasteiger partial charge in [-0.2, -0.15) is 10.5 Å². The Morgan fingerprint density at radius 2 is 2.27 bits per heavy atom. The Hall–Kier alpha value is -1.61. The van der Waals surface area contributed by atoms with Crippen molar-refractivity contribution in [3.05, 3.63) is 23.8 Å². The average Bonchev–Trinajstić information content (AvgIpc) is 2.06. The molecule has 0 heterocycles. The van der Waals surface area contributed by atoms with E-state index in [1.807, 2.05) is 6.07 Å². The molecule has 0 saturated carbocycles. The van der Waals surface area contributed by atoms with Gasteiger partial charge in [-0.3, -0.25) is 0 Å². The molecule has 1 atom stereocenters. The number of hydrogen-bond acceptors (Lipinski definition) is 2. The first-order valence-corrected chi connectivity index (χ1v) is 3.10. The van der Waals surface area contributed by atoms with Crippen LogP contribution in [0.25, 0.3) is 0 Å². The molecule has 2 nitrogen and oxygen atoms in total. The minimum absolute atomic E-state index is 0.0249. The molecule has 0 aromatic heterocycles. The summed E-state index contributed by atoms with van der Waals surface area (Å²) in [5, 5.41) is 16.7. The van der Waals surface area contributed by atoms with Gasteiger partial charge in [-0.15, -0.1) is 0 Å². The van der Waals surface area contributed by atoms with Crippen LogP contribution < -0.4 is 0 Å². The molecule has 0 amide bonds. The topological polar surface area (TPSA) is 47.6 Å². The lowest BCUT2D eigenvalue weighted by molar-refractivity contribution is 0.309. The lowest BCUT2D eigenvalue weighted by atomic mass is 9.96. The Balaban J connectivity index is 2.83. The molecule has 0 aromatic rings. The van der Waals surface area contributed by atoms with Gasteiger partial charge in [0.2, 0.25) is 5.67 Å². The lowest BCUT2D eigenvalue weighted by Gasteiger charge is -2.12. The predicted octanol–water partition coefficient (Wildman–Crippen LogP) is 1.63. The van der Waals surface area contributed by atoms with E-state index < -0.39 is 5.67 Å². The van der Waals surface area contributed by atoms with Crippen LogP contribution in [0.4, 0.5) is 4.39 Å². The van der Waals surface area contributed by atoms with Crippen LogP contribution in [-0.4, -0.2) is 5.67 Å². The van der Waals surface area contributed by atoms with Gasteiger partial charge >= 0.3 is 0 Å². The van der Waals surface area contributed by atoms with Crippen molar-refractivity contribution in [3.63, 3.8) is 0 Å². The Kier molecular flexibility index (Phi) is 1.74. The van der Waals surface area contributed by atoms with Crippen molar-refractivity contribution in [2.75, 3.05) is 0 Å². The van der Waals surface area contributed by atoms with Crippen molar-refractivity contribution in [3.8, 4) is 12.1 Å². The van der Waals surface area contributed by atoms with Crippen molar-refractivity contribution in [2.24, 2.45) is 0 Å². The van der Waals surface area contributed by atoms with Crippen LogP contribution in [0.2, 0.25) is 0 Å². The van der Waals surface area contributed by atoms with Crippen molar-refractivity contribution in [2.45, 2.75) is 12.1 Å². The van der Waals surface area contributed by atoms with Crippen molar-refractivity contribution >= 4 is 0 Å². The molecule has 0 saturated heterocycles. The zero-order valence-electron chi connectivity index (χ0n) is 5.71. The van der Waals surface area contributed by atoms with E-state index in [-0.39, 0.29) is 6.42 Å². The van der Waals surface area contributed by atoms with E-state index in [1.54, 1.807) is 0 Å². The van der Waals surface area contributed by atoms with Crippen LogP contribution in [0.3, 0.4) is 0 Å². The maximum Gasteiger partial charge on any atom is 0.218 e. The van der Waals surface area contributed by atoms with Crippen molar-refractivity contribution in [1.29, 1.82) is 10.5 Å². The molecule has 0 N–H and O–H groups in total. The van der Waals surface area contributed by atoms with Crippen LogP contribution in [0.5, 0.6) is 0 Å². The van der Waals surface area contributed by atoms with Gasteiger partial charge in [0.1, 0.15) is 6.07 Å². The Morgan fingerprint density at radius 3 is 2.64 bits per heavy atom. The van der Waals surface area contributed by atoms with E-state index in [9.17, 15) is 4.39 Å². The highest BCUT2D eigenvalue weighted by Gasteiger charge is 2.26. The zero-order chi connectivity index (χ0) is 8.32. The summed E-state index contributed by atoms with van der Waals surface area (Å²) < 4.78 is 13.0. The lowest BCUT2D eigenvalue weighted by Crippen LogP contribution is -2.17. The predicted molar refractivity (Wildman–Crippen MR) is 36.9 cm³/mol. The number of nitrogens with zero attached hydrogens (tertiary/aromatic N) is 2. The number of rotatable bonds is 0. The molecule has 1 aliphatic rings. The van der Waals surface area contributed by atoms with Crippen LogP contribution in [0.1, 0.15) is 6.42 Å². The number of alkyl halides is 1. The average molecular weight is 148 g/mol. The monoisotopic (exact) mass is 148 g/mol. The summed E-state index contributed by atoms with van der Waals surface area (Å²) in [5.41, 5.74) is -1.49. The molecular formula is C8H5FN2. The van der Waals surface area contributed by atoms with E-state index in [2.05, 4.69) is 0 Å². The summed E-state index contributed by atoms with van der Waals surface area (Å²) in [4.78, 5) is 0. The first kappa shape index (κ1) is 7.50. The second-order valence-electron chi connectivity index (χ2n) is 2.28. The van der Waals surface area contributed by atoms with Crippen molar-refractivity contribution < 1.29 is 4.39 Å². The molecule has 1 rings (SSSR count). The molecular weight excluding hydrogens is 143 g/mol. The fourth-order valence-electron chi connectivity index (χ4n) is 0.782. The van der Waals surface area contributed by atoms with Gasteiger partial charge < -0.3 is 0 Å². The van der Waals surface area contributed by atoms with Gasteiger partial charge in [-0.25, -0.2) is 4.39 Å².